The van der Waals surface area contributed by atoms with Crippen LogP contribution in [0, 0.1) is 5.92 Å². The molecular weight excluding hydrogens is 296 g/mol. The van der Waals surface area contributed by atoms with Crippen LogP contribution in [0.25, 0.3) is 0 Å². The molecule has 0 bridgehead atoms. The number of nitrogens with zero attached hydrogens (tertiary/aromatic N) is 2. The van der Waals surface area contributed by atoms with E-state index in [9.17, 15) is 8.42 Å². The third kappa shape index (κ3) is 6.17. The lowest BCUT2D eigenvalue weighted by molar-refractivity contribution is 0.110. The van der Waals surface area contributed by atoms with E-state index in [2.05, 4.69) is 53.4 Å². The van der Waals surface area contributed by atoms with Gasteiger partial charge >= 0.3 is 0 Å². The van der Waals surface area contributed by atoms with Crippen molar-refractivity contribution < 1.29 is 8.42 Å². The van der Waals surface area contributed by atoms with Crippen LogP contribution in [0.15, 0.2) is 0 Å². The SMILES string of the molecule is CC[C@@H](CN(C(C)C)C(C)C)CC(C)(CC)N(C)S(C)(=O)=O. The van der Waals surface area contributed by atoms with E-state index >= 15 is 0 Å². The van der Waals surface area contributed by atoms with Crippen LogP contribution in [0.3, 0.4) is 0 Å². The third-order valence-corrected chi connectivity index (χ3v) is 6.56. The summed E-state index contributed by atoms with van der Waals surface area (Å²) in [5.41, 5.74) is -0.312. The first-order chi connectivity index (χ1) is 9.89. The molecule has 0 aliphatic rings. The van der Waals surface area contributed by atoms with Gasteiger partial charge < -0.3 is 0 Å². The molecule has 5 heteroatoms. The Bertz CT molecular complexity index is 412. The van der Waals surface area contributed by atoms with Crippen LogP contribution in [-0.2, 0) is 10.0 Å². The zero-order valence-corrected chi connectivity index (χ0v) is 17.0. The highest BCUT2D eigenvalue weighted by Crippen LogP contribution is 2.30. The first-order valence-electron chi connectivity index (χ1n) is 8.58. The summed E-state index contributed by atoms with van der Waals surface area (Å²) in [6.45, 7) is 16.3. The van der Waals surface area contributed by atoms with Crippen LogP contribution in [0.5, 0.6) is 0 Å². The molecule has 0 N–H and O–H groups in total. The number of hydrogen-bond acceptors (Lipinski definition) is 3. The largest absolute Gasteiger partial charge is 0.298 e. The molecule has 0 aromatic rings. The lowest BCUT2D eigenvalue weighted by Gasteiger charge is -2.41. The second kappa shape index (κ2) is 8.65. The molecule has 0 radical (unpaired) electrons. The molecule has 0 fully saturated rings. The standard InChI is InChI=1S/C17H38N2O2S/c1-10-16(13-19(14(3)4)15(5)6)12-17(7,11-2)18(8)22(9,20)21/h14-16H,10-13H2,1-9H3/t16-,17?/m1/s1. The van der Waals surface area contributed by atoms with Gasteiger partial charge in [-0.05, 0) is 53.4 Å². The van der Waals surface area contributed by atoms with Crippen molar-refractivity contribution in [3.8, 4) is 0 Å². The van der Waals surface area contributed by atoms with E-state index in [1.54, 1.807) is 11.4 Å². The monoisotopic (exact) mass is 334 g/mol. The summed E-state index contributed by atoms with van der Waals surface area (Å²) in [4.78, 5) is 2.50. The topological polar surface area (TPSA) is 40.6 Å². The molecule has 0 aliphatic carbocycles. The molecule has 0 saturated carbocycles. The average Bonchev–Trinajstić information content (AvgIpc) is 2.40. The van der Waals surface area contributed by atoms with E-state index in [1.165, 1.54) is 6.26 Å². The maximum absolute atomic E-state index is 12.0. The summed E-state index contributed by atoms with van der Waals surface area (Å²) in [5, 5.41) is 0. The highest BCUT2D eigenvalue weighted by Gasteiger charge is 2.35. The minimum Gasteiger partial charge on any atom is -0.298 e. The van der Waals surface area contributed by atoms with Gasteiger partial charge in [0.2, 0.25) is 10.0 Å². The highest BCUT2D eigenvalue weighted by molar-refractivity contribution is 7.88. The molecule has 2 atom stereocenters. The minimum absolute atomic E-state index is 0.312. The number of rotatable bonds is 10. The van der Waals surface area contributed by atoms with E-state index in [4.69, 9.17) is 0 Å². The maximum atomic E-state index is 12.0. The Morgan fingerprint density at radius 3 is 1.77 bits per heavy atom. The smallest absolute Gasteiger partial charge is 0.211 e. The summed E-state index contributed by atoms with van der Waals surface area (Å²) < 4.78 is 25.5. The van der Waals surface area contributed by atoms with Crippen LogP contribution in [-0.4, -0.2) is 55.1 Å². The molecule has 0 amide bonds. The maximum Gasteiger partial charge on any atom is 0.211 e. The van der Waals surface area contributed by atoms with Crippen molar-refractivity contribution in [3.63, 3.8) is 0 Å². The third-order valence-electron chi connectivity index (χ3n) is 5.12. The van der Waals surface area contributed by atoms with Gasteiger partial charge in [-0.25, -0.2) is 8.42 Å². The molecule has 0 aromatic heterocycles. The van der Waals surface area contributed by atoms with E-state index < -0.39 is 10.0 Å². The van der Waals surface area contributed by atoms with Crippen LogP contribution >= 0.6 is 0 Å². The van der Waals surface area contributed by atoms with Crippen LogP contribution < -0.4 is 0 Å². The molecule has 0 rings (SSSR count). The van der Waals surface area contributed by atoms with Crippen molar-refractivity contribution in [1.29, 1.82) is 0 Å². The van der Waals surface area contributed by atoms with E-state index in [0.29, 0.717) is 18.0 Å². The summed E-state index contributed by atoms with van der Waals surface area (Å²) in [5.74, 6) is 0.499. The molecular formula is C17H38N2O2S. The summed E-state index contributed by atoms with van der Waals surface area (Å²) >= 11 is 0. The van der Waals surface area contributed by atoms with E-state index in [0.717, 1.165) is 25.8 Å². The molecule has 0 heterocycles. The predicted octanol–water partition coefficient (Wildman–Crippen LogP) is 3.58. The van der Waals surface area contributed by atoms with Gasteiger partial charge in [-0.1, -0.05) is 20.3 Å². The Hall–Kier alpha value is -0.130. The average molecular weight is 335 g/mol. The molecule has 0 aliphatic heterocycles. The fourth-order valence-corrected chi connectivity index (χ4v) is 4.18. The van der Waals surface area contributed by atoms with Crippen molar-refractivity contribution in [2.75, 3.05) is 19.8 Å². The summed E-state index contributed by atoms with van der Waals surface area (Å²) in [6, 6.07) is 1.02. The van der Waals surface area contributed by atoms with E-state index in [-0.39, 0.29) is 5.54 Å². The van der Waals surface area contributed by atoms with Gasteiger partial charge in [0, 0.05) is 31.2 Å². The van der Waals surface area contributed by atoms with Gasteiger partial charge in [-0.2, -0.15) is 4.31 Å². The molecule has 4 nitrogen and oxygen atoms in total. The second-order valence-electron chi connectivity index (χ2n) is 7.44. The fourth-order valence-electron chi connectivity index (χ4n) is 3.17. The van der Waals surface area contributed by atoms with Crippen molar-refractivity contribution >= 4 is 10.0 Å². The molecule has 134 valence electrons. The lowest BCUT2D eigenvalue weighted by Crippen LogP contribution is -2.49. The number of sulfonamides is 1. The van der Waals surface area contributed by atoms with Crippen LogP contribution in [0.2, 0.25) is 0 Å². The Labute approximate surface area is 139 Å². The first kappa shape index (κ1) is 21.9. The zero-order valence-electron chi connectivity index (χ0n) is 16.2. The Balaban J connectivity index is 5.18. The van der Waals surface area contributed by atoms with Crippen LogP contribution in [0.1, 0.15) is 67.7 Å². The predicted molar refractivity (Wildman–Crippen MR) is 96.7 cm³/mol. The minimum atomic E-state index is -3.17. The molecule has 0 saturated heterocycles. The molecule has 0 aromatic carbocycles. The normalized spacial score (nSPS) is 17.5. The highest BCUT2D eigenvalue weighted by atomic mass is 32.2. The van der Waals surface area contributed by atoms with Crippen molar-refractivity contribution in [3.05, 3.63) is 0 Å². The molecule has 1 unspecified atom stereocenters. The molecule has 0 spiro atoms. The summed E-state index contributed by atoms with van der Waals surface area (Å²) in [7, 11) is -1.45. The summed E-state index contributed by atoms with van der Waals surface area (Å²) in [6.07, 6.45) is 4.11. The Morgan fingerprint density at radius 1 is 1.05 bits per heavy atom. The van der Waals surface area contributed by atoms with Crippen molar-refractivity contribution in [1.82, 2.24) is 9.21 Å². The fraction of sp³-hybridized carbons (Fsp3) is 1.00. The Kier molecular flexibility index (Phi) is 8.60. The van der Waals surface area contributed by atoms with Gasteiger partial charge in [-0.3, -0.25) is 4.90 Å². The van der Waals surface area contributed by atoms with Crippen molar-refractivity contribution in [2.24, 2.45) is 5.92 Å². The van der Waals surface area contributed by atoms with Gasteiger partial charge in [0.05, 0.1) is 6.26 Å². The zero-order chi connectivity index (χ0) is 17.7. The quantitative estimate of drug-likeness (QED) is 0.613. The second-order valence-corrected chi connectivity index (χ2v) is 9.46. The lowest BCUT2D eigenvalue weighted by atomic mass is 9.85. The molecule has 22 heavy (non-hydrogen) atoms. The first-order valence-corrected chi connectivity index (χ1v) is 10.4. The van der Waals surface area contributed by atoms with E-state index in [1.807, 2.05) is 0 Å². The van der Waals surface area contributed by atoms with Crippen molar-refractivity contribution in [2.45, 2.75) is 85.4 Å². The van der Waals surface area contributed by atoms with Gasteiger partial charge in [-0.15, -0.1) is 0 Å². The van der Waals surface area contributed by atoms with Gasteiger partial charge in [0.25, 0.3) is 0 Å². The number of hydrogen-bond donors (Lipinski definition) is 0. The van der Waals surface area contributed by atoms with Crippen LogP contribution in [0.4, 0.5) is 0 Å². The van der Waals surface area contributed by atoms with Gasteiger partial charge in [0.15, 0.2) is 0 Å². The Morgan fingerprint density at radius 2 is 1.50 bits per heavy atom. The van der Waals surface area contributed by atoms with Gasteiger partial charge in [0.1, 0.15) is 0 Å².